The van der Waals surface area contributed by atoms with Crippen LogP contribution < -0.4 is 0 Å². The predicted molar refractivity (Wildman–Crippen MR) is 103 cm³/mol. The molecule has 2 N–H and O–H groups in total. The summed E-state index contributed by atoms with van der Waals surface area (Å²) in [4.78, 5) is 7.61. The first-order valence-corrected chi connectivity index (χ1v) is 11.2. The predicted octanol–water partition coefficient (Wildman–Crippen LogP) is 4.28. The lowest BCUT2D eigenvalue weighted by Crippen LogP contribution is -2.30. The maximum Gasteiger partial charge on any atom is 0.377 e. The van der Waals surface area contributed by atoms with Gasteiger partial charge in [0, 0.05) is 13.2 Å². The fourth-order valence-electron chi connectivity index (χ4n) is 1.19. The number of hydrogen-bond donors (Lipinski definition) is 2. The second-order valence-electron chi connectivity index (χ2n) is 6.29. The zero-order valence-corrected chi connectivity index (χ0v) is 17.8. The second kappa shape index (κ2) is 13.3. The Balaban J connectivity index is 0. The SMILES string of the molecule is C=CC(C)(C)OCCCOCC(O)COC(C)(C)C=C.O=P(O)(Cl)Cl. The summed E-state index contributed by atoms with van der Waals surface area (Å²) in [6.07, 6.45) is -0.0572. The van der Waals surface area contributed by atoms with Crippen LogP contribution in [-0.4, -0.2) is 53.7 Å². The van der Waals surface area contributed by atoms with Crippen molar-refractivity contribution >= 4 is 28.6 Å². The zero-order chi connectivity index (χ0) is 20.1. The van der Waals surface area contributed by atoms with Gasteiger partial charge in [-0.25, -0.2) is 0 Å². The minimum atomic E-state index is -3.69. The first kappa shape index (κ1) is 27.3. The zero-order valence-electron chi connectivity index (χ0n) is 15.4. The molecule has 0 aliphatic rings. The Hall–Kier alpha value is 0.0900. The monoisotopic (exact) mass is 420 g/mol. The Morgan fingerprint density at radius 2 is 1.48 bits per heavy atom. The molecule has 0 saturated heterocycles. The van der Waals surface area contributed by atoms with E-state index in [0.717, 1.165) is 6.42 Å². The van der Waals surface area contributed by atoms with E-state index in [9.17, 15) is 9.67 Å². The van der Waals surface area contributed by atoms with Crippen LogP contribution in [0, 0.1) is 0 Å². The summed E-state index contributed by atoms with van der Waals surface area (Å²) in [7, 11) is 0. The van der Waals surface area contributed by atoms with Crippen LogP contribution in [-0.2, 0) is 18.8 Å². The van der Waals surface area contributed by atoms with Crippen LogP contribution >= 0.6 is 28.6 Å². The maximum absolute atomic E-state index is 9.70. The van der Waals surface area contributed by atoms with Crippen LogP contribution in [0.25, 0.3) is 0 Å². The highest BCUT2D eigenvalue weighted by atomic mass is 35.9. The quantitative estimate of drug-likeness (QED) is 0.278. The highest BCUT2D eigenvalue weighted by molar-refractivity contribution is 8.04. The van der Waals surface area contributed by atoms with E-state index in [1.54, 1.807) is 12.2 Å². The van der Waals surface area contributed by atoms with Crippen molar-refractivity contribution in [3.63, 3.8) is 0 Å². The van der Waals surface area contributed by atoms with E-state index in [2.05, 4.69) is 35.6 Å². The minimum Gasteiger partial charge on any atom is -0.388 e. The molecule has 0 saturated carbocycles. The Morgan fingerprint density at radius 1 is 1.04 bits per heavy atom. The highest BCUT2D eigenvalue weighted by Crippen LogP contribution is 2.51. The van der Waals surface area contributed by atoms with Gasteiger partial charge in [0.05, 0.1) is 24.4 Å². The van der Waals surface area contributed by atoms with Crippen molar-refractivity contribution in [2.45, 2.75) is 51.4 Å². The average molecular weight is 421 g/mol. The third-order valence-electron chi connectivity index (χ3n) is 2.85. The maximum atomic E-state index is 9.70. The number of hydrogen-bond acceptors (Lipinski definition) is 5. The molecule has 0 aromatic rings. The van der Waals surface area contributed by atoms with Crippen LogP contribution in [0.5, 0.6) is 0 Å². The number of ether oxygens (including phenoxy) is 3. The standard InChI is InChI=1S/C16H30O4.Cl2HO2P/c1-7-15(3,4)19-11-9-10-18-12-14(17)13-20-16(5,6)8-2;1-5(2,3)4/h7-8,14,17H,1-2,9-13H2,3-6H3;(H,3,4). The molecule has 25 heavy (non-hydrogen) atoms. The van der Waals surface area contributed by atoms with E-state index in [4.69, 9.17) is 19.1 Å². The molecular formula is C16H31Cl2O6P. The molecule has 0 radical (unpaired) electrons. The van der Waals surface area contributed by atoms with E-state index < -0.39 is 17.8 Å². The van der Waals surface area contributed by atoms with Gasteiger partial charge in [0.1, 0.15) is 6.10 Å². The molecule has 150 valence electrons. The Kier molecular flexibility index (Phi) is 14.5. The van der Waals surface area contributed by atoms with E-state index in [1.165, 1.54) is 0 Å². The fourth-order valence-corrected chi connectivity index (χ4v) is 1.19. The molecule has 0 aromatic carbocycles. The minimum absolute atomic E-state index is 0.235. The topological polar surface area (TPSA) is 85.2 Å². The molecule has 0 spiro atoms. The molecular weight excluding hydrogens is 390 g/mol. The molecule has 1 atom stereocenters. The smallest absolute Gasteiger partial charge is 0.377 e. The van der Waals surface area contributed by atoms with Crippen molar-refractivity contribution in [2.24, 2.45) is 0 Å². The van der Waals surface area contributed by atoms with Gasteiger partial charge in [-0.15, -0.1) is 13.2 Å². The van der Waals surface area contributed by atoms with Crippen LogP contribution in [0.3, 0.4) is 0 Å². The summed E-state index contributed by atoms with van der Waals surface area (Å²) < 4.78 is 25.8. The van der Waals surface area contributed by atoms with E-state index >= 15 is 0 Å². The largest absolute Gasteiger partial charge is 0.388 e. The average Bonchev–Trinajstić information content (AvgIpc) is 2.47. The van der Waals surface area contributed by atoms with Crippen molar-refractivity contribution < 1.29 is 28.8 Å². The van der Waals surface area contributed by atoms with E-state index in [1.807, 2.05) is 27.7 Å². The normalized spacial score (nSPS) is 13.6. The van der Waals surface area contributed by atoms with Crippen LogP contribution in [0.1, 0.15) is 34.1 Å². The first-order valence-electron chi connectivity index (χ1n) is 7.75. The molecule has 0 amide bonds. The van der Waals surface area contributed by atoms with Crippen molar-refractivity contribution in [2.75, 3.05) is 26.4 Å². The molecule has 0 rings (SSSR count). The Morgan fingerprint density at radius 3 is 1.92 bits per heavy atom. The van der Waals surface area contributed by atoms with Gasteiger partial charge in [-0.1, -0.05) is 12.2 Å². The molecule has 6 nitrogen and oxygen atoms in total. The third kappa shape index (κ3) is 24.1. The van der Waals surface area contributed by atoms with E-state index in [0.29, 0.717) is 13.2 Å². The van der Waals surface area contributed by atoms with Gasteiger partial charge >= 0.3 is 6.07 Å². The third-order valence-corrected chi connectivity index (χ3v) is 2.85. The summed E-state index contributed by atoms with van der Waals surface area (Å²) in [6.45, 7) is 16.7. The molecule has 0 bridgehead atoms. The molecule has 9 heteroatoms. The molecule has 0 aliphatic carbocycles. The van der Waals surface area contributed by atoms with Crippen LogP contribution in [0.4, 0.5) is 0 Å². The van der Waals surface area contributed by atoms with Crippen LogP contribution in [0.2, 0.25) is 0 Å². The number of aliphatic hydroxyl groups excluding tert-OH is 1. The van der Waals surface area contributed by atoms with Crippen molar-refractivity contribution in [3.8, 4) is 0 Å². The lowest BCUT2D eigenvalue weighted by Gasteiger charge is -2.23. The summed E-state index contributed by atoms with van der Waals surface area (Å²) in [5.41, 5.74) is -0.727. The molecule has 0 heterocycles. The van der Waals surface area contributed by atoms with Gasteiger partial charge in [0.25, 0.3) is 0 Å². The fraction of sp³-hybridized carbons (Fsp3) is 0.750. The van der Waals surface area contributed by atoms with Gasteiger partial charge < -0.3 is 24.2 Å². The summed E-state index contributed by atoms with van der Waals surface area (Å²) >= 11 is 8.81. The molecule has 0 aliphatic heterocycles. The first-order chi connectivity index (χ1) is 11.2. The van der Waals surface area contributed by atoms with Crippen LogP contribution in [0.15, 0.2) is 25.3 Å². The van der Waals surface area contributed by atoms with Crippen molar-refractivity contribution in [1.82, 2.24) is 0 Å². The second-order valence-corrected chi connectivity index (χ2v) is 10.4. The Bertz CT molecular complexity index is 415. The lowest BCUT2D eigenvalue weighted by molar-refractivity contribution is -0.0631. The van der Waals surface area contributed by atoms with Crippen molar-refractivity contribution in [1.29, 1.82) is 0 Å². The summed E-state index contributed by atoms with van der Waals surface area (Å²) in [6, 6.07) is 0. The number of rotatable bonds is 12. The van der Waals surface area contributed by atoms with Gasteiger partial charge in [0.2, 0.25) is 0 Å². The van der Waals surface area contributed by atoms with Gasteiger partial charge in [-0.3, -0.25) is 4.57 Å². The summed E-state index contributed by atoms with van der Waals surface area (Å²) in [5, 5.41) is 9.70. The molecule has 0 aromatic heterocycles. The lowest BCUT2D eigenvalue weighted by atomic mass is 10.1. The van der Waals surface area contributed by atoms with Gasteiger partial charge in [-0.2, -0.15) is 0 Å². The summed E-state index contributed by atoms with van der Waals surface area (Å²) in [5.74, 6) is 0. The Labute approximate surface area is 160 Å². The number of aliphatic hydroxyl groups is 1. The van der Waals surface area contributed by atoms with Gasteiger partial charge in [0.15, 0.2) is 0 Å². The molecule has 1 unspecified atom stereocenters. The highest BCUT2D eigenvalue weighted by Gasteiger charge is 2.16. The number of halogens is 2. The molecule has 0 fully saturated rings. The van der Waals surface area contributed by atoms with E-state index in [-0.39, 0.29) is 18.8 Å². The van der Waals surface area contributed by atoms with Gasteiger partial charge in [-0.05, 0) is 56.6 Å². The van der Waals surface area contributed by atoms with Crippen molar-refractivity contribution in [3.05, 3.63) is 25.3 Å².